The molecule has 0 spiro atoms. The molecule has 1 aromatic carbocycles. The van der Waals surface area contributed by atoms with E-state index >= 15 is 0 Å². The molecular formula is C13H13N3O4. The molecule has 0 bridgehead atoms. The van der Waals surface area contributed by atoms with E-state index in [4.69, 9.17) is 4.74 Å². The third kappa shape index (κ3) is 3.00. The first-order chi connectivity index (χ1) is 9.47. The molecule has 0 saturated carbocycles. The van der Waals surface area contributed by atoms with Gasteiger partial charge in [0.25, 0.3) is 5.69 Å². The average Bonchev–Trinajstić information content (AvgIpc) is 2.81. The lowest BCUT2D eigenvalue weighted by atomic mass is 10.1. The van der Waals surface area contributed by atoms with Gasteiger partial charge in [0.1, 0.15) is 12.4 Å². The van der Waals surface area contributed by atoms with Crippen molar-refractivity contribution in [3.05, 3.63) is 51.8 Å². The Kier molecular flexibility index (Phi) is 3.79. The van der Waals surface area contributed by atoms with Crippen LogP contribution in [0.2, 0.25) is 0 Å². The van der Waals surface area contributed by atoms with Crippen LogP contribution in [0, 0.1) is 10.1 Å². The van der Waals surface area contributed by atoms with Gasteiger partial charge in [-0.2, -0.15) is 5.10 Å². The first-order valence-electron chi connectivity index (χ1n) is 5.88. The molecule has 1 aromatic heterocycles. The zero-order valence-electron chi connectivity index (χ0n) is 11.1. The maximum atomic E-state index is 11.5. The van der Waals surface area contributed by atoms with E-state index in [1.165, 1.54) is 25.1 Å². The van der Waals surface area contributed by atoms with Crippen LogP contribution >= 0.6 is 0 Å². The summed E-state index contributed by atoms with van der Waals surface area (Å²) >= 11 is 0. The molecule has 0 atom stereocenters. The van der Waals surface area contributed by atoms with Crippen LogP contribution in [-0.4, -0.2) is 20.5 Å². The van der Waals surface area contributed by atoms with E-state index in [1.54, 1.807) is 24.0 Å². The molecule has 104 valence electrons. The topological polar surface area (TPSA) is 87.3 Å². The molecule has 7 heteroatoms. The lowest BCUT2D eigenvalue weighted by molar-refractivity contribution is -0.384. The van der Waals surface area contributed by atoms with E-state index in [2.05, 4.69) is 5.10 Å². The Hall–Kier alpha value is -2.70. The van der Waals surface area contributed by atoms with Crippen molar-refractivity contribution in [3.63, 3.8) is 0 Å². The highest BCUT2D eigenvalue weighted by Gasteiger charge is 2.15. The second-order valence-electron chi connectivity index (χ2n) is 4.26. The Morgan fingerprint density at radius 1 is 1.45 bits per heavy atom. The summed E-state index contributed by atoms with van der Waals surface area (Å²) in [6.45, 7) is 1.53. The lowest BCUT2D eigenvalue weighted by Crippen LogP contribution is -2.03. The lowest BCUT2D eigenvalue weighted by Gasteiger charge is -2.08. The van der Waals surface area contributed by atoms with Crippen molar-refractivity contribution < 1.29 is 14.5 Å². The van der Waals surface area contributed by atoms with Crippen molar-refractivity contribution in [3.8, 4) is 5.75 Å². The average molecular weight is 275 g/mol. The Balaban J connectivity index is 2.22. The molecular weight excluding hydrogens is 262 g/mol. The monoisotopic (exact) mass is 275 g/mol. The van der Waals surface area contributed by atoms with Crippen LogP contribution in [0.1, 0.15) is 23.0 Å². The molecule has 0 radical (unpaired) electrons. The molecule has 0 N–H and O–H groups in total. The number of nitrogens with zero attached hydrogens (tertiary/aromatic N) is 3. The molecule has 2 aromatic rings. The summed E-state index contributed by atoms with van der Waals surface area (Å²) in [7, 11) is 1.79. The van der Waals surface area contributed by atoms with E-state index in [1.807, 2.05) is 0 Å². The van der Waals surface area contributed by atoms with Crippen LogP contribution in [0.5, 0.6) is 5.75 Å². The number of hydrogen-bond donors (Lipinski definition) is 0. The van der Waals surface area contributed by atoms with Crippen LogP contribution in [0.25, 0.3) is 0 Å². The molecule has 0 aliphatic heterocycles. The smallest absolute Gasteiger partial charge is 0.270 e. The van der Waals surface area contributed by atoms with Crippen molar-refractivity contribution in [1.82, 2.24) is 9.78 Å². The van der Waals surface area contributed by atoms with Crippen molar-refractivity contribution in [2.24, 2.45) is 7.05 Å². The first kappa shape index (κ1) is 13.7. The Bertz CT molecular complexity index is 663. The second-order valence-corrected chi connectivity index (χ2v) is 4.26. The van der Waals surface area contributed by atoms with Gasteiger partial charge in [-0.1, -0.05) is 0 Å². The van der Waals surface area contributed by atoms with Gasteiger partial charge < -0.3 is 4.74 Å². The van der Waals surface area contributed by atoms with Gasteiger partial charge >= 0.3 is 0 Å². The van der Waals surface area contributed by atoms with Gasteiger partial charge in [-0.25, -0.2) is 0 Å². The molecule has 2 rings (SSSR count). The molecule has 0 aliphatic carbocycles. The van der Waals surface area contributed by atoms with Gasteiger partial charge in [-0.05, 0) is 19.1 Å². The summed E-state index contributed by atoms with van der Waals surface area (Å²) in [5.74, 6) is 0.0264. The number of hydrogen-bond acceptors (Lipinski definition) is 5. The minimum Gasteiger partial charge on any atom is -0.486 e. The second kappa shape index (κ2) is 5.52. The van der Waals surface area contributed by atoms with E-state index in [9.17, 15) is 14.9 Å². The van der Waals surface area contributed by atoms with Crippen LogP contribution in [0.4, 0.5) is 5.69 Å². The van der Waals surface area contributed by atoms with Crippen molar-refractivity contribution in [1.29, 1.82) is 0 Å². The van der Waals surface area contributed by atoms with Crippen LogP contribution in [0.15, 0.2) is 30.5 Å². The highest BCUT2D eigenvalue weighted by Crippen LogP contribution is 2.25. The summed E-state index contributed by atoms with van der Waals surface area (Å²) in [5, 5.41) is 14.9. The number of ketones is 1. The number of nitro groups is 1. The summed E-state index contributed by atoms with van der Waals surface area (Å²) in [5.41, 5.74) is 0.760. The maximum absolute atomic E-state index is 11.5. The minimum atomic E-state index is -0.547. The van der Waals surface area contributed by atoms with Gasteiger partial charge in [0.15, 0.2) is 5.78 Å². The van der Waals surface area contributed by atoms with Crippen LogP contribution in [0.3, 0.4) is 0 Å². The third-order valence-electron chi connectivity index (χ3n) is 2.70. The zero-order chi connectivity index (χ0) is 14.7. The molecule has 0 saturated heterocycles. The number of aromatic nitrogens is 2. The number of aryl methyl sites for hydroxylation is 1. The van der Waals surface area contributed by atoms with E-state index in [0.717, 1.165) is 0 Å². The molecule has 1 heterocycles. The van der Waals surface area contributed by atoms with Crippen molar-refractivity contribution in [2.75, 3.05) is 0 Å². The van der Waals surface area contributed by atoms with Gasteiger partial charge in [0, 0.05) is 25.4 Å². The highest BCUT2D eigenvalue weighted by atomic mass is 16.6. The third-order valence-corrected chi connectivity index (χ3v) is 2.70. The SMILES string of the molecule is CC(=O)c1cc([N+](=O)[O-])ccc1OCc1ccn(C)n1. The maximum Gasteiger partial charge on any atom is 0.270 e. The van der Waals surface area contributed by atoms with Crippen molar-refractivity contribution >= 4 is 11.5 Å². The Labute approximate surface area is 114 Å². The predicted molar refractivity (Wildman–Crippen MR) is 70.6 cm³/mol. The standard InChI is InChI=1S/C13H13N3O4/c1-9(17)12-7-11(16(18)19)3-4-13(12)20-8-10-5-6-15(2)14-10/h3-7H,8H2,1-2H3. The van der Waals surface area contributed by atoms with Crippen molar-refractivity contribution in [2.45, 2.75) is 13.5 Å². The number of ether oxygens (including phenoxy) is 1. The molecule has 0 fully saturated rings. The Morgan fingerprint density at radius 2 is 2.20 bits per heavy atom. The number of carbonyl (C=O) groups excluding carboxylic acids is 1. The van der Waals surface area contributed by atoms with E-state index in [-0.39, 0.29) is 23.6 Å². The van der Waals surface area contributed by atoms with Gasteiger partial charge in [0.2, 0.25) is 0 Å². The summed E-state index contributed by atoms with van der Waals surface area (Å²) in [6.07, 6.45) is 1.78. The molecule has 0 unspecified atom stereocenters. The quantitative estimate of drug-likeness (QED) is 0.473. The number of rotatable bonds is 5. The fourth-order valence-corrected chi connectivity index (χ4v) is 1.72. The number of carbonyl (C=O) groups is 1. The normalized spacial score (nSPS) is 10.3. The minimum absolute atomic E-state index is 0.139. The Morgan fingerprint density at radius 3 is 2.75 bits per heavy atom. The molecule has 7 nitrogen and oxygen atoms in total. The largest absolute Gasteiger partial charge is 0.486 e. The fraction of sp³-hybridized carbons (Fsp3) is 0.231. The first-order valence-corrected chi connectivity index (χ1v) is 5.88. The zero-order valence-corrected chi connectivity index (χ0v) is 11.1. The van der Waals surface area contributed by atoms with E-state index < -0.39 is 4.92 Å². The van der Waals surface area contributed by atoms with Gasteiger partial charge in [-0.3, -0.25) is 19.6 Å². The van der Waals surface area contributed by atoms with Gasteiger partial charge in [0.05, 0.1) is 16.2 Å². The summed E-state index contributed by atoms with van der Waals surface area (Å²) < 4.78 is 7.15. The number of non-ortho nitro benzene ring substituents is 1. The molecule has 20 heavy (non-hydrogen) atoms. The van der Waals surface area contributed by atoms with Gasteiger partial charge in [-0.15, -0.1) is 0 Å². The number of nitro benzene ring substituents is 1. The highest BCUT2D eigenvalue weighted by molar-refractivity contribution is 5.97. The number of benzene rings is 1. The van der Waals surface area contributed by atoms with E-state index in [0.29, 0.717) is 11.4 Å². The summed E-state index contributed by atoms with van der Waals surface area (Å²) in [6, 6.07) is 5.74. The predicted octanol–water partition coefficient (Wildman–Crippen LogP) is 2.11. The van der Waals surface area contributed by atoms with Crippen LogP contribution < -0.4 is 4.74 Å². The fourth-order valence-electron chi connectivity index (χ4n) is 1.72. The molecule has 0 aliphatic rings. The number of Topliss-reactive ketones (excluding diaryl/α,β-unsaturated/α-hetero) is 1. The molecule has 0 amide bonds. The summed E-state index contributed by atoms with van der Waals surface area (Å²) in [4.78, 5) is 21.7. The van der Waals surface area contributed by atoms with Crippen LogP contribution in [-0.2, 0) is 13.7 Å².